The van der Waals surface area contributed by atoms with E-state index in [0.717, 1.165) is 19.6 Å². The molecule has 1 aromatic heterocycles. The third-order valence-corrected chi connectivity index (χ3v) is 7.07. The van der Waals surface area contributed by atoms with Gasteiger partial charge in [0.25, 0.3) is 5.56 Å². The van der Waals surface area contributed by atoms with Crippen LogP contribution in [0.2, 0.25) is 0 Å². The topological polar surface area (TPSA) is 104 Å². The molecule has 2 aromatic carbocycles. The highest BCUT2D eigenvalue weighted by Crippen LogP contribution is 2.49. The molecule has 1 N–H and O–H groups in total. The van der Waals surface area contributed by atoms with Crippen LogP contribution < -0.4 is 25.5 Å². The predicted molar refractivity (Wildman–Crippen MR) is 131 cm³/mol. The van der Waals surface area contributed by atoms with Crippen molar-refractivity contribution in [1.82, 2.24) is 9.13 Å². The number of aromatic nitrogens is 2. The molecule has 34 heavy (non-hydrogen) atoms. The van der Waals surface area contributed by atoms with Crippen molar-refractivity contribution in [3.05, 3.63) is 68.4 Å². The molecule has 0 radical (unpaired) electrons. The number of para-hydroxylation sites is 1. The van der Waals surface area contributed by atoms with Crippen LogP contribution in [0.1, 0.15) is 22.8 Å². The van der Waals surface area contributed by atoms with Gasteiger partial charge in [0.2, 0.25) is 11.6 Å². The zero-order valence-corrected chi connectivity index (χ0v) is 20.3. The maximum absolute atomic E-state index is 13.1. The highest BCUT2D eigenvalue weighted by atomic mass is 32.2. The van der Waals surface area contributed by atoms with Crippen molar-refractivity contribution in [1.29, 1.82) is 0 Å². The number of fused-ring (bicyclic) bond motifs is 1. The minimum absolute atomic E-state index is 0.000607. The smallest absolute Gasteiger partial charge is 0.333 e. The number of rotatable bonds is 5. The van der Waals surface area contributed by atoms with Crippen molar-refractivity contribution in [2.24, 2.45) is 19.1 Å². The highest BCUT2D eigenvalue weighted by molar-refractivity contribution is 7.99. The van der Waals surface area contributed by atoms with Crippen LogP contribution in [0.25, 0.3) is 0 Å². The Morgan fingerprint density at radius 3 is 2.26 bits per heavy atom. The van der Waals surface area contributed by atoms with E-state index in [-0.39, 0.29) is 10.8 Å². The van der Waals surface area contributed by atoms with Gasteiger partial charge in [-0.2, -0.15) is 0 Å². The zero-order chi connectivity index (χ0) is 24.6. The molecule has 178 valence electrons. The average molecular weight is 484 g/mol. The van der Waals surface area contributed by atoms with Gasteiger partial charge in [-0.3, -0.25) is 18.9 Å². The number of hydrogen-bond acceptors (Lipinski definition) is 8. The van der Waals surface area contributed by atoms with Crippen LogP contribution in [0.4, 0.5) is 5.69 Å². The van der Waals surface area contributed by atoms with E-state index in [1.54, 1.807) is 33.1 Å². The summed E-state index contributed by atoms with van der Waals surface area (Å²) in [5.41, 5.74) is 0.700. The van der Waals surface area contributed by atoms with Gasteiger partial charge in [0, 0.05) is 30.7 Å². The van der Waals surface area contributed by atoms with E-state index in [2.05, 4.69) is 0 Å². The van der Waals surface area contributed by atoms with Crippen molar-refractivity contribution in [2.75, 3.05) is 21.3 Å². The average Bonchev–Trinajstić information content (AvgIpc) is 3.05. The summed E-state index contributed by atoms with van der Waals surface area (Å²) in [4.78, 5) is 31.0. The van der Waals surface area contributed by atoms with Gasteiger partial charge in [-0.25, -0.2) is 4.79 Å². The molecular weight excluding hydrogens is 458 g/mol. The van der Waals surface area contributed by atoms with Gasteiger partial charge >= 0.3 is 5.69 Å². The molecule has 2 heterocycles. The third kappa shape index (κ3) is 3.94. The lowest BCUT2D eigenvalue weighted by Crippen LogP contribution is -2.40. The zero-order valence-electron chi connectivity index (χ0n) is 19.5. The van der Waals surface area contributed by atoms with Gasteiger partial charge in [-0.15, -0.1) is 11.8 Å². The quantitative estimate of drug-likeness (QED) is 0.594. The van der Waals surface area contributed by atoms with E-state index in [9.17, 15) is 14.7 Å². The van der Waals surface area contributed by atoms with E-state index >= 15 is 0 Å². The standard InChI is InChI=1S/C24H25N3O6S/c1-26-22(28)20(23(29)27(2)24(26)30)15-12-19(34-18-9-7-6-8-14(18)25-15)13-10-16(31-3)21(33-5)17(11-13)32-4/h6-11,19,28H,12H2,1-5H3/t19-/m1/s1. The van der Waals surface area contributed by atoms with Gasteiger partial charge in [0.15, 0.2) is 11.5 Å². The fourth-order valence-corrected chi connectivity index (χ4v) is 5.14. The van der Waals surface area contributed by atoms with Gasteiger partial charge < -0.3 is 19.3 Å². The van der Waals surface area contributed by atoms with Gasteiger partial charge in [0.1, 0.15) is 5.56 Å². The minimum atomic E-state index is -0.614. The molecule has 4 rings (SSSR count). The molecular formula is C24H25N3O6S. The summed E-state index contributed by atoms with van der Waals surface area (Å²) >= 11 is 1.58. The molecule has 0 unspecified atom stereocenters. The lowest BCUT2D eigenvalue weighted by Gasteiger charge is -2.20. The molecule has 9 nitrogen and oxygen atoms in total. The van der Waals surface area contributed by atoms with Crippen LogP contribution in [0.3, 0.4) is 0 Å². The monoisotopic (exact) mass is 483 g/mol. The maximum Gasteiger partial charge on any atom is 0.333 e. The number of nitrogens with zero attached hydrogens (tertiary/aromatic N) is 3. The van der Waals surface area contributed by atoms with Crippen molar-refractivity contribution >= 4 is 23.2 Å². The summed E-state index contributed by atoms with van der Waals surface area (Å²) < 4.78 is 18.5. The largest absolute Gasteiger partial charge is 0.494 e. The normalized spacial score (nSPS) is 15.2. The SMILES string of the molecule is COc1cc([C@H]2CC(c3c(O)n(C)c(=O)n(C)c3=O)=Nc3ccccc3S2)cc(OC)c1OC. The Morgan fingerprint density at radius 2 is 1.65 bits per heavy atom. The van der Waals surface area contributed by atoms with Crippen molar-refractivity contribution in [3.8, 4) is 23.1 Å². The number of methoxy groups -OCH3 is 3. The summed E-state index contributed by atoms with van der Waals surface area (Å²) in [6.45, 7) is 0. The Morgan fingerprint density at radius 1 is 1.00 bits per heavy atom. The van der Waals surface area contributed by atoms with Crippen molar-refractivity contribution < 1.29 is 19.3 Å². The molecule has 0 aliphatic carbocycles. The molecule has 1 aliphatic rings. The van der Waals surface area contributed by atoms with E-state index in [1.165, 1.54) is 14.1 Å². The van der Waals surface area contributed by atoms with Crippen LogP contribution >= 0.6 is 11.8 Å². The van der Waals surface area contributed by atoms with Crippen LogP contribution in [-0.2, 0) is 14.1 Å². The van der Waals surface area contributed by atoms with Crippen LogP contribution in [0.15, 0.2) is 55.9 Å². The van der Waals surface area contributed by atoms with E-state index in [4.69, 9.17) is 19.2 Å². The number of benzene rings is 2. The number of aromatic hydroxyl groups is 1. The Kier molecular flexibility index (Phi) is 6.43. The fraction of sp³-hybridized carbons (Fsp3) is 0.292. The second kappa shape index (κ2) is 9.30. The molecule has 1 aliphatic heterocycles. The summed E-state index contributed by atoms with van der Waals surface area (Å²) in [5, 5.41) is 10.6. The number of thioether (sulfide) groups is 1. The highest BCUT2D eigenvalue weighted by Gasteiger charge is 2.29. The Hall–Kier alpha value is -3.66. The van der Waals surface area contributed by atoms with E-state index in [1.807, 2.05) is 36.4 Å². The van der Waals surface area contributed by atoms with Crippen molar-refractivity contribution in [3.63, 3.8) is 0 Å². The second-order valence-corrected chi connectivity index (χ2v) is 8.94. The van der Waals surface area contributed by atoms with Crippen LogP contribution in [0, 0.1) is 0 Å². The minimum Gasteiger partial charge on any atom is -0.494 e. The first-order valence-corrected chi connectivity index (χ1v) is 11.3. The molecule has 0 bridgehead atoms. The molecule has 10 heteroatoms. The Labute approximate surface area is 200 Å². The van der Waals surface area contributed by atoms with Crippen LogP contribution in [-0.4, -0.2) is 41.3 Å². The first-order chi connectivity index (χ1) is 16.3. The molecule has 0 amide bonds. The fourth-order valence-electron chi connectivity index (χ4n) is 3.93. The molecule has 0 saturated carbocycles. The first-order valence-electron chi connectivity index (χ1n) is 10.4. The first kappa shape index (κ1) is 23.5. The van der Waals surface area contributed by atoms with E-state index in [0.29, 0.717) is 35.1 Å². The molecule has 1 atom stereocenters. The van der Waals surface area contributed by atoms with Gasteiger partial charge in [0.05, 0.1) is 32.7 Å². The molecule has 0 fully saturated rings. The van der Waals surface area contributed by atoms with E-state index < -0.39 is 17.1 Å². The summed E-state index contributed by atoms with van der Waals surface area (Å²) in [6, 6.07) is 11.3. The Balaban J connectivity index is 1.94. The molecule has 0 saturated heterocycles. The second-order valence-electron chi connectivity index (χ2n) is 7.70. The summed E-state index contributed by atoms with van der Waals surface area (Å²) in [6.07, 6.45) is 0.305. The lowest BCUT2D eigenvalue weighted by molar-refractivity contribution is 0.324. The number of hydrogen-bond donors (Lipinski definition) is 1. The van der Waals surface area contributed by atoms with Gasteiger partial charge in [-0.05, 0) is 29.8 Å². The summed E-state index contributed by atoms with van der Waals surface area (Å²) in [7, 11) is 7.44. The van der Waals surface area contributed by atoms with Gasteiger partial charge in [-0.1, -0.05) is 12.1 Å². The lowest BCUT2D eigenvalue weighted by atomic mass is 10.0. The third-order valence-electron chi connectivity index (χ3n) is 5.75. The number of aliphatic imine (C=N–C) groups is 1. The predicted octanol–water partition coefficient (Wildman–Crippen LogP) is 3.17. The molecule has 3 aromatic rings. The summed E-state index contributed by atoms with van der Waals surface area (Å²) in [5.74, 6) is 1.08. The van der Waals surface area contributed by atoms with Crippen molar-refractivity contribution in [2.45, 2.75) is 16.6 Å². The molecule has 0 spiro atoms. The maximum atomic E-state index is 13.1. The number of ether oxygens (including phenoxy) is 3. The van der Waals surface area contributed by atoms with Crippen LogP contribution in [0.5, 0.6) is 23.1 Å². The Bertz CT molecular complexity index is 1380.